The largest absolute Gasteiger partial charge is 0.472 e. The van der Waals surface area contributed by atoms with Gasteiger partial charge in [0.15, 0.2) is 0 Å². The van der Waals surface area contributed by atoms with E-state index in [0.717, 1.165) is 13.0 Å². The highest BCUT2D eigenvalue weighted by Crippen LogP contribution is 2.21. The predicted molar refractivity (Wildman–Crippen MR) is 66.8 cm³/mol. The van der Waals surface area contributed by atoms with Crippen molar-refractivity contribution in [1.29, 1.82) is 0 Å². The molecule has 1 unspecified atom stereocenters. The molecule has 2 aromatic heterocycles. The van der Waals surface area contributed by atoms with Gasteiger partial charge in [-0.05, 0) is 31.5 Å². The molecule has 4 heteroatoms. The van der Waals surface area contributed by atoms with Crippen LogP contribution in [0.3, 0.4) is 0 Å². The van der Waals surface area contributed by atoms with Gasteiger partial charge in [-0.3, -0.25) is 4.68 Å². The molecule has 0 fully saturated rings. The average Bonchev–Trinajstić information content (AvgIpc) is 2.91. The molecule has 0 saturated carbocycles. The monoisotopic (exact) mass is 233 g/mol. The van der Waals surface area contributed by atoms with Gasteiger partial charge in [0, 0.05) is 24.3 Å². The van der Waals surface area contributed by atoms with Gasteiger partial charge in [-0.25, -0.2) is 0 Å². The third-order valence-electron chi connectivity index (χ3n) is 3.12. The molecule has 0 aromatic carbocycles. The van der Waals surface area contributed by atoms with E-state index in [1.165, 1.54) is 16.8 Å². The second-order valence-electron chi connectivity index (χ2n) is 4.25. The lowest BCUT2D eigenvalue weighted by Gasteiger charge is -2.16. The zero-order chi connectivity index (χ0) is 12.3. The molecule has 0 aliphatic heterocycles. The maximum absolute atomic E-state index is 5.12. The number of furan rings is 1. The van der Waals surface area contributed by atoms with Crippen molar-refractivity contribution in [1.82, 2.24) is 15.1 Å². The van der Waals surface area contributed by atoms with Crippen molar-refractivity contribution < 1.29 is 4.42 Å². The van der Waals surface area contributed by atoms with Gasteiger partial charge in [0.25, 0.3) is 0 Å². The first-order valence-electron chi connectivity index (χ1n) is 5.95. The maximum Gasteiger partial charge on any atom is 0.0935 e. The first-order valence-corrected chi connectivity index (χ1v) is 5.95. The zero-order valence-corrected chi connectivity index (χ0v) is 10.6. The smallest absolute Gasteiger partial charge is 0.0935 e. The van der Waals surface area contributed by atoms with Crippen LogP contribution in [0.5, 0.6) is 0 Å². The van der Waals surface area contributed by atoms with Crippen LogP contribution in [-0.2, 0) is 13.5 Å². The molecule has 0 aliphatic carbocycles. The van der Waals surface area contributed by atoms with E-state index in [1.54, 1.807) is 12.5 Å². The molecule has 4 nitrogen and oxygen atoms in total. The van der Waals surface area contributed by atoms with Crippen molar-refractivity contribution in [2.75, 3.05) is 6.54 Å². The van der Waals surface area contributed by atoms with Gasteiger partial charge in [0.05, 0.1) is 18.7 Å². The normalized spacial score (nSPS) is 12.9. The molecule has 0 aliphatic rings. The molecule has 2 heterocycles. The second-order valence-corrected chi connectivity index (χ2v) is 4.25. The Morgan fingerprint density at radius 2 is 2.35 bits per heavy atom. The Morgan fingerprint density at radius 1 is 1.53 bits per heavy atom. The van der Waals surface area contributed by atoms with Gasteiger partial charge in [-0.15, -0.1) is 0 Å². The van der Waals surface area contributed by atoms with Gasteiger partial charge in [-0.2, -0.15) is 5.10 Å². The molecular formula is C13H19N3O. The van der Waals surface area contributed by atoms with Crippen molar-refractivity contribution >= 4 is 0 Å². The van der Waals surface area contributed by atoms with E-state index in [2.05, 4.69) is 24.3 Å². The summed E-state index contributed by atoms with van der Waals surface area (Å²) in [6.07, 6.45) is 6.39. The third kappa shape index (κ3) is 2.58. The minimum atomic E-state index is 0.297. The number of aromatic nitrogens is 2. The number of nitrogens with one attached hydrogen (secondary N) is 1. The van der Waals surface area contributed by atoms with Crippen LogP contribution >= 0.6 is 0 Å². The number of rotatable bonds is 5. The lowest BCUT2D eigenvalue weighted by Crippen LogP contribution is -2.23. The second kappa shape index (κ2) is 5.19. The Balaban J connectivity index is 2.20. The molecule has 0 bridgehead atoms. The summed E-state index contributed by atoms with van der Waals surface area (Å²) in [5, 5.41) is 7.80. The van der Waals surface area contributed by atoms with E-state index in [0.29, 0.717) is 6.04 Å². The fourth-order valence-electron chi connectivity index (χ4n) is 2.04. The zero-order valence-electron chi connectivity index (χ0n) is 10.6. The molecule has 0 saturated heterocycles. The standard InChI is InChI=1S/C13H19N3O/c1-4-14-13(7-11-5-6-17-9-11)12-8-15-16(3)10(12)2/h5-6,8-9,13-14H,4,7H2,1-3H3. The van der Waals surface area contributed by atoms with Crippen LogP contribution in [-0.4, -0.2) is 16.3 Å². The van der Waals surface area contributed by atoms with Crippen LogP contribution in [0.25, 0.3) is 0 Å². The number of likely N-dealkylation sites (N-methyl/N-ethyl adjacent to an activating group) is 1. The van der Waals surface area contributed by atoms with Crippen molar-refractivity contribution in [3.63, 3.8) is 0 Å². The summed E-state index contributed by atoms with van der Waals surface area (Å²) in [6.45, 7) is 5.16. The van der Waals surface area contributed by atoms with E-state index in [1.807, 2.05) is 24.0 Å². The molecule has 2 rings (SSSR count). The Labute approximate surface area is 102 Å². The first kappa shape index (κ1) is 11.9. The van der Waals surface area contributed by atoms with Crippen molar-refractivity contribution in [3.8, 4) is 0 Å². The highest BCUT2D eigenvalue weighted by molar-refractivity contribution is 5.23. The third-order valence-corrected chi connectivity index (χ3v) is 3.12. The van der Waals surface area contributed by atoms with Gasteiger partial charge in [0.2, 0.25) is 0 Å². The van der Waals surface area contributed by atoms with Crippen LogP contribution in [0.2, 0.25) is 0 Å². The van der Waals surface area contributed by atoms with Crippen LogP contribution in [0.4, 0.5) is 0 Å². The Kier molecular flexibility index (Phi) is 3.64. The quantitative estimate of drug-likeness (QED) is 0.861. The minimum absolute atomic E-state index is 0.297. The number of aryl methyl sites for hydroxylation is 1. The fourth-order valence-corrected chi connectivity index (χ4v) is 2.04. The molecule has 1 N–H and O–H groups in total. The van der Waals surface area contributed by atoms with Gasteiger partial charge < -0.3 is 9.73 Å². The molecule has 0 spiro atoms. The van der Waals surface area contributed by atoms with E-state index < -0.39 is 0 Å². The SMILES string of the molecule is CCNC(Cc1ccoc1)c1cnn(C)c1C. The van der Waals surface area contributed by atoms with E-state index in [-0.39, 0.29) is 0 Å². The fraction of sp³-hybridized carbons (Fsp3) is 0.462. The molecule has 0 amide bonds. The summed E-state index contributed by atoms with van der Waals surface area (Å²) in [4.78, 5) is 0. The van der Waals surface area contributed by atoms with Gasteiger partial charge >= 0.3 is 0 Å². The van der Waals surface area contributed by atoms with Crippen LogP contribution in [0.15, 0.2) is 29.2 Å². The minimum Gasteiger partial charge on any atom is -0.472 e. The lowest BCUT2D eigenvalue weighted by atomic mass is 10.0. The molecule has 92 valence electrons. The summed E-state index contributed by atoms with van der Waals surface area (Å²) in [5.74, 6) is 0. The summed E-state index contributed by atoms with van der Waals surface area (Å²) >= 11 is 0. The first-order chi connectivity index (χ1) is 8.22. The lowest BCUT2D eigenvalue weighted by molar-refractivity contribution is 0.532. The predicted octanol–water partition coefficient (Wildman–Crippen LogP) is 2.21. The van der Waals surface area contributed by atoms with Crippen LogP contribution in [0, 0.1) is 6.92 Å². The van der Waals surface area contributed by atoms with Crippen LogP contribution in [0.1, 0.15) is 29.8 Å². The molecular weight excluding hydrogens is 214 g/mol. The van der Waals surface area contributed by atoms with E-state index in [9.17, 15) is 0 Å². The summed E-state index contributed by atoms with van der Waals surface area (Å²) in [6, 6.07) is 2.31. The Morgan fingerprint density at radius 3 is 2.88 bits per heavy atom. The highest BCUT2D eigenvalue weighted by atomic mass is 16.3. The van der Waals surface area contributed by atoms with Gasteiger partial charge in [-0.1, -0.05) is 6.92 Å². The maximum atomic E-state index is 5.12. The summed E-state index contributed by atoms with van der Waals surface area (Å²) in [7, 11) is 1.97. The molecule has 2 aromatic rings. The number of nitrogens with zero attached hydrogens (tertiary/aromatic N) is 2. The van der Waals surface area contributed by atoms with Crippen molar-refractivity contribution in [2.45, 2.75) is 26.3 Å². The van der Waals surface area contributed by atoms with E-state index >= 15 is 0 Å². The van der Waals surface area contributed by atoms with Crippen molar-refractivity contribution in [3.05, 3.63) is 41.6 Å². The molecule has 17 heavy (non-hydrogen) atoms. The highest BCUT2D eigenvalue weighted by Gasteiger charge is 2.16. The van der Waals surface area contributed by atoms with Crippen molar-refractivity contribution in [2.24, 2.45) is 7.05 Å². The number of hydrogen-bond donors (Lipinski definition) is 1. The molecule has 1 atom stereocenters. The van der Waals surface area contributed by atoms with E-state index in [4.69, 9.17) is 4.42 Å². The topological polar surface area (TPSA) is 43.0 Å². The number of hydrogen-bond acceptors (Lipinski definition) is 3. The summed E-state index contributed by atoms with van der Waals surface area (Å²) in [5.41, 5.74) is 3.68. The Hall–Kier alpha value is -1.55. The summed E-state index contributed by atoms with van der Waals surface area (Å²) < 4.78 is 7.03. The average molecular weight is 233 g/mol. The molecule has 0 radical (unpaired) electrons. The Bertz CT molecular complexity index is 459. The van der Waals surface area contributed by atoms with Crippen LogP contribution < -0.4 is 5.32 Å². The van der Waals surface area contributed by atoms with Gasteiger partial charge in [0.1, 0.15) is 0 Å².